The van der Waals surface area contributed by atoms with Crippen molar-refractivity contribution >= 4 is 52.2 Å². The summed E-state index contributed by atoms with van der Waals surface area (Å²) in [5.74, 6) is -0.530. The van der Waals surface area contributed by atoms with Crippen molar-refractivity contribution in [2.24, 2.45) is 4.99 Å². The molecule has 0 unspecified atom stereocenters. The number of carbonyl (C=O) groups is 2. The van der Waals surface area contributed by atoms with E-state index in [0.717, 1.165) is 0 Å². The number of carboxylic acid groups (broad SMARTS) is 1. The Balaban J connectivity index is 1.88. The number of carbonyl (C=O) groups excluding carboxylic acids is 1. The molecule has 0 radical (unpaired) electrons. The molecular weight excluding hydrogens is 440 g/mol. The van der Waals surface area contributed by atoms with E-state index in [2.05, 4.69) is 4.99 Å². The number of nitrogens with zero attached hydrogens (tertiary/aromatic N) is 2. The highest BCUT2D eigenvalue weighted by Gasteiger charge is 2.32. The minimum Gasteiger partial charge on any atom is -0.493 e. The number of aliphatic carboxylic acids is 1. The molecule has 1 heterocycles. The van der Waals surface area contributed by atoms with Crippen LogP contribution in [0.25, 0.3) is 6.08 Å². The van der Waals surface area contributed by atoms with Gasteiger partial charge in [-0.15, -0.1) is 0 Å². The van der Waals surface area contributed by atoms with Crippen molar-refractivity contribution in [3.63, 3.8) is 0 Å². The van der Waals surface area contributed by atoms with Crippen molar-refractivity contribution in [2.45, 2.75) is 20.0 Å². The number of methoxy groups -OCH3 is 1. The number of hydrogen-bond donors (Lipinski definition) is 1. The number of aliphatic imine (C=N–C) groups is 1. The van der Waals surface area contributed by atoms with Gasteiger partial charge >= 0.3 is 5.97 Å². The van der Waals surface area contributed by atoms with Gasteiger partial charge in [-0.2, -0.15) is 0 Å². The number of thioether (sulfide) groups is 1. The maximum atomic E-state index is 12.9. The van der Waals surface area contributed by atoms with E-state index in [1.807, 2.05) is 6.92 Å². The third-order valence-electron chi connectivity index (χ3n) is 4.39. The van der Waals surface area contributed by atoms with E-state index in [1.165, 1.54) is 25.8 Å². The largest absolute Gasteiger partial charge is 0.493 e. The van der Waals surface area contributed by atoms with Gasteiger partial charge in [0, 0.05) is 11.6 Å². The summed E-state index contributed by atoms with van der Waals surface area (Å²) in [7, 11) is 1.47. The third-order valence-corrected chi connectivity index (χ3v) is 5.65. The maximum absolute atomic E-state index is 12.9. The Morgan fingerprint density at radius 2 is 1.97 bits per heavy atom. The molecule has 1 aliphatic heterocycles. The molecule has 1 saturated heterocycles. The topological polar surface area (TPSA) is 88.4 Å². The van der Waals surface area contributed by atoms with Gasteiger partial charge in [0.1, 0.15) is 0 Å². The van der Waals surface area contributed by atoms with Gasteiger partial charge in [-0.25, -0.2) is 9.79 Å². The average Bonchev–Trinajstić information content (AvgIpc) is 3.04. The first-order valence-corrected chi connectivity index (χ1v) is 10.6. The Morgan fingerprint density at radius 1 is 1.26 bits per heavy atom. The number of amides is 1. The lowest BCUT2D eigenvalue weighted by Crippen LogP contribution is -2.28. The summed E-state index contributed by atoms with van der Waals surface area (Å²) in [5.41, 5.74) is 1.42. The van der Waals surface area contributed by atoms with E-state index in [1.54, 1.807) is 53.4 Å². The highest BCUT2D eigenvalue weighted by Crippen LogP contribution is 2.36. The van der Waals surface area contributed by atoms with Crippen LogP contribution in [-0.2, 0) is 9.59 Å². The lowest BCUT2D eigenvalue weighted by molar-refractivity contribution is -0.144. The van der Waals surface area contributed by atoms with Crippen LogP contribution in [0, 0.1) is 0 Å². The smallest absolute Gasteiger partial charge is 0.344 e. The number of amidine groups is 1. The van der Waals surface area contributed by atoms with Gasteiger partial charge < -0.3 is 14.6 Å². The standard InChI is InChI=1S/C22H21ClN2O5S/c1-4-25-20(26)19(31-22(25)24-16-8-6-15(23)7-9-16)12-14-5-10-17(18(11-14)29-3)30-13(2)21(27)28/h5-13H,4H2,1-3H3,(H,27,28)/b19-12-,24-22?/t13-/m1/s1. The van der Waals surface area contributed by atoms with Crippen molar-refractivity contribution in [3.8, 4) is 11.5 Å². The molecule has 0 aliphatic carbocycles. The normalized spacial score (nSPS) is 17.3. The minimum atomic E-state index is -1.08. The fourth-order valence-corrected chi connectivity index (χ4v) is 3.95. The zero-order valence-corrected chi connectivity index (χ0v) is 18.7. The molecule has 0 bridgehead atoms. The van der Waals surface area contributed by atoms with Crippen molar-refractivity contribution in [3.05, 3.63) is 58.0 Å². The van der Waals surface area contributed by atoms with Crippen LogP contribution in [-0.4, -0.2) is 46.8 Å². The van der Waals surface area contributed by atoms with E-state index in [4.69, 9.17) is 26.2 Å². The number of rotatable bonds is 7. The zero-order chi connectivity index (χ0) is 22.5. The van der Waals surface area contributed by atoms with Gasteiger partial charge in [0.05, 0.1) is 17.7 Å². The van der Waals surface area contributed by atoms with E-state index in [0.29, 0.717) is 44.4 Å². The minimum absolute atomic E-state index is 0.140. The average molecular weight is 461 g/mol. The van der Waals surface area contributed by atoms with E-state index in [9.17, 15) is 9.59 Å². The number of ether oxygens (including phenoxy) is 2. The quantitative estimate of drug-likeness (QED) is 0.595. The van der Waals surface area contributed by atoms with Crippen LogP contribution in [0.3, 0.4) is 0 Å². The number of halogens is 1. The molecule has 2 aromatic carbocycles. The fraction of sp³-hybridized carbons (Fsp3) is 0.227. The second-order valence-corrected chi connectivity index (χ2v) is 7.99. The maximum Gasteiger partial charge on any atom is 0.344 e. The Bertz CT molecular complexity index is 1050. The first kappa shape index (κ1) is 22.7. The Morgan fingerprint density at radius 3 is 2.58 bits per heavy atom. The van der Waals surface area contributed by atoms with Crippen LogP contribution in [0.4, 0.5) is 5.69 Å². The summed E-state index contributed by atoms with van der Waals surface area (Å²) in [6, 6.07) is 12.1. The van der Waals surface area contributed by atoms with Crippen molar-refractivity contribution in [1.29, 1.82) is 0 Å². The second-order valence-electron chi connectivity index (χ2n) is 6.54. The van der Waals surface area contributed by atoms with Crippen LogP contribution in [0.5, 0.6) is 11.5 Å². The molecule has 7 nitrogen and oxygen atoms in total. The lowest BCUT2D eigenvalue weighted by atomic mass is 10.2. The second kappa shape index (κ2) is 9.89. The Kier molecular flexibility index (Phi) is 7.25. The third kappa shape index (κ3) is 5.39. The molecule has 0 spiro atoms. The molecule has 31 heavy (non-hydrogen) atoms. The van der Waals surface area contributed by atoms with Crippen molar-refractivity contribution < 1.29 is 24.2 Å². The molecule has 9 heteroatoms. The predicted octanol–water partition coefficient (Wildman–Crippen LogP) is 4.82. The van der Waals surface area contributed by atoms with E-state index >= 15 is 0 Å². The molecule has 0 saturated carbocycles. The fourth-order valence-electron chi connectivity index (χ4n) is 2.76. The highest BCUT2D eigenvalue weighted by molar-refractivity contribution is 8.18. The first-order chi connectivity index (χ1) is 14.8. The summed E-state index contributed by atoms with van der Waals surface area (Å²) in [6.07, 6.45) is 0.724. The van der Waals surface area contributed by atoms with Crippen molar-refractivity contribution in [2.75, 3.05) is 13.7 Å². The summed E-state index contributed by atoms with van der Waals surface area (Å²) in [4.78, 5) is 30.6. The Hall–Kier alpha value is -2.97. The van der Waals surface area contributed by atoms with E-state index in [-0.39, 0.29) is 5.91 Å². The van der Waals surface area contributed by atoms with Gasteiger partial charge in [0.2, 0.25) is 0 Å². The zero-order valence-electron chi connectivity index (χ0n) is 17.2. The molecule has 2 aromatic rings. The molecule has 1 fully saturated rings. The lowest BCUT2D eigenvalue weighted by Gasteiger charge is -2.14. The van der Waals surface area contributed by atoms with Crippen LogP contribution in [0.2, 0.25) is 5.02 Å². The predicted molar refractivity (Wildman–Crippen MR) is 122 cm³/mol. The van der Waals surface area contributed by atoms with E-state index < -0.39 is 12.1 Å². The molecule has 1 atom stereocenters. The van der Waals surface area contributed by atoms with Crippen LogP contribution in [0.15, 0.2) is 52.4 Å². The van der Waals surface area contributed by atoms with Crippen LogP contribution in [0.1, 0.15) is 19.4 Å². The van der Waals surface area contributed by atoms with Gasteiger partial charge in [0.25, 0.3) is 5.91 Å². The number of likely N-dealkylation sites (N-methyl/N-ethyl adjacent to an activating group) is 1. The summed E-state index contributed by atoms with van der Waals surface area (Å²) >= 11 is 7.21. The highest BCUT2D eigenvalue weighted by atomic mass is 35.5. The summed E-state index contributed by atoms with van der Waals surface area (Å²) in [5, 5.41) is 10.2. The summed E-state index contributed by atoms with van der Waals surface area (Å²) < 4.78 is 10.7. The number of carboxylic acids is 1. The first-order valence-electron chi connectivity index (χ1n) is 9.45. The van der Waals surface area contributed by atoms with Gasteiger partial charge in [-0.1, -0.05) is 17.7 Å². The Labute approximate surface area is 189 Å². The monoisotopic (exact) mass is 460 g/mol. The molecular formula is C22H21ClN2O5S. The van der Waals surface area contributed by atoms with Gasteiger partial charge in [-0.05, 0) is 73.6 Å². The summed E-state index contributed by atoms with van der Waals surface area (Å²) in [6.45, 7) is 3.81. The molecule has 1 aliphatic rings. The SMILES string of the molecule is CCN1C(=O)/C(=C/c2ccc(O[C@H](C)C(=O)O)c(OC)c2)SC1=Nc1ccc(Cl)cc1. The molecule has 3 rings (SSSR count). The molecule has 162 valence electrons. The van der Waals surface area contributed by atoms with Crippen LogP contribution < -0.4 is 9.47 Å². The molecule has 1 N–H and O–H groups in total. The number of benzene rings is 2. The number of hydrogen-bond acceptors (Lipinski definition) is 6. The van der Waals surface area contributed by atoms with Gasteiger partial charge in [0.15, 0.2) is 22.8 Å². The van der Waals surface area contributed by atoms with Crippen LogP contribution >= 0.6 is 23.4 Å². The van der Waals surface area contributed by atoms with Crippen molar-refractivity contribution in [1.82, 2.24) is 4.90 Å². The molecule has 0 aromatic heterocycles. The molecule has 1 amide bonds. The van der Waals surface area contributed by atoms with Gasteiger partial charge in [-0.3, -0.25) is 9.69 Å².